The zero-order valence-corrected chi connectivity index (χ0v) is 27.5. The van der Waals surface area contributed by atoms with Crippen molar-refractivity contribution < 1.29 is 43.3 Å². The molecule has 0 spiro atoms. The van der Waals surface area contributed by atoms with Crippen LogP contribution in [0.1, 0.15) is 55.9 Å². The monoisotopic (exact) mass is 681 g/mol. The highest BCUT2D eigenvalue weighted by Crippen LogP contribution is 2.28. The van der Waals surface area contributed by atoms with Crippen LogP contribution >= 0.6 is 0 Å². The summed E-state index contributed by atoms with van der Waals surface area (Å²) in [6.45, 7) is 3.40. The second-order valence-electron chi connectivity index (χ2n) is 12.3. The average molecular weight is 682 g/mol. The number of aliphatic carboxylic acids is 1. The summed E-state index contributed by atoms with van der Waals surface area (Å²) < 4.78 is 12.3. The molecule has 264 valence electrons. The molecule has 49 heavy (non-hydrogen) atoms. The van der Waals surface area contributed by atoms with E-state index in [0.717, 1.165) is 12.8 Å². The molecule has 2 aromatic rings. The molecule has 0 radical (unpaired) electrons. The highest BCUT2D eigenvalue weighted by atomic mass is 16.6. The topological polar surface area (TPSA) is 193 Å². The fourth-order valence-electron chi connectivity index (χ4n) is 5.87. The minimum Gasteiger partial charge on any atom is -0.481 e. The number of benzene rings is 1. The number of ether oxygens (including phenoxy) is 2. The first-order valence-electron chi connectivity index (χ1n) is 16.7. The van der Waals surface area contributed by atoms with E-state index in [-0.39, 0.29) is 69.0 Å². The lowest BCUT2D eigenvalue weighted by molar-refractivity contribution is -0.140. The van der Waals surface area contributed by atoms with E-state index in [4.69, 9.17) is 9.47 Å². The van der Waals surface area contributed by atoms with Crippen LogP contribution in [0.5, 0.6) is 5.88 Å². The second-order valence-corrected chi connectivity index (χ2v) is 12.3. The van der Waals surface area contributed by atoms with Gasteiger partial charge in [0.1, 0.15) is 12.1 Å². The third-order valence-electron chi connectivity index (χ3n) is 8.76. The second kappa shape index (κ2) is 16.3. The number of nitrogens with zero attached hydrogens (tertiary/aromatic N) is 5. The molecule has 2 saturated heterocycles. The predicted molar refractivity (Wildman–Crippen MR) is 173 cm³/mol. The van der Waals surface area contributed by atoms with Crippen LogP contribution in [-0.4, -0.2) is 130 Å². The van der Waals surface area contributed by atoms with Crippen molar-refractivity contribution in [3.05, 3.63) is 42.1 Å². The Morgan fingerprint density at radius 2 is 1.69 bits per heavy atom. The molecule has 1 aliphatic carbocycles. The average Bonchev–Trinajstić information content (AvgIpc) is 3.62. The van der Waals surface area contributed by atoms with Gasteiger partial charge in [-0.1, -0.05) is 18.2 Å². The molecule has 2 aliphatic heterocycles. The number of nitrogens with one attached hydrogen (secondary N) is 2. The van der Waals surface area contributed by atoms with Crippen molar-refractivity contribution >= 4 is 35.7 Å². The Kier molecular flexibility index (Phi) is 11.7. The zero-order valence-electron chi connectivity index (χ0n) is 27.5. The molecular formula is C33H43N7O9. The number of likely N-dealkylation sites (tertiary alicyclic amines) is 1. The largest absolute Gasteiger partial charge is 0.481 e. The van der Waals surface area contributed by atoms with Crippen LogP contribution in [0.3, 0.4) is 0 Å². The van der Waals surface area contributed by atoms with Gasteiger partial charge in [0.25, 0.3) is 11.8 Å². The van der Waals surface area contributed by atoms with Gasteiger partial charge in [0.05, 0.1) is 12.3 Å². The van der Waals surface area contributed by atoms with Gasteiger partial charge in [0.15, 0.2) is 12.3 Å². The van der Waals surface area contributed by atoms with E-state index in [0.29, 0.717) is 37.5 Å². The van der Waals surface area contributed by atoms with Gasteiger partial charge in [-0.25, -0.2) is 9.48 Å². The molecule has 3 fully saturated rings. The maximum atomic E-state index is 13.5. The molecule has 5 rings (SSSR count). The Balaban J connectivity index is 1.27. The van der Waals surface area contributed by atoms with Gasteiger partial charge >= 0.3 is 12.1 Å². The third-order valence-corrected chi connectivity index (χ3v) is 8.76. The highest BCUT2D eigenvalue weighted by molar-refractivity contribution is 5.96. The summed E-state index contributed by atoms with van der Waals surface area (Å²) in [5, 5.41) is 19.3. The highest BCUT2D eigenvalue weighted by Gasteiger charge is 2.36. The first kappa shape index (κ1) is 35.2. The molecule has 3 heterocycles. The molecule has 2 atom stereocenters. The number of carboxylic acids is 1. The lowest BCUT2D eigenvalue weighted by atomic mass is 10.1. The maximum absolute atomic E-state index is 13.5. The van der Waals surface area contributed by atoms with Crippen LogP contribution < -0.4 is 15.4 Å². The minimum absolute atomic E-state index is 0.0853. The number of hydrogen-bond acceptors (Lipinski definition) is 9. The van der Waals surface area contributed by atoms with E-state index in [1.165, 1.54) is 25.4 Å². The molecule has 16 nitrogen and oxygen atoms in total. The quantitative estimate of drug-likeness (QED) is 0.259. The number of aromatic nitrogens is 2. The van der Waals surface area contributed by atoms with Gasteiger partial charge in [-0.3, -0.25) is 24.0 Å². The van der Waals surface area contributed by atoms with E-state index < -0.39 is 42.6 Å². The Morgan fingerprint density at radius 3 is 2.37 bits per heavy atom. The standard InChI is InChI=1S/C33H43N7O9/c1-2-48-33(47)38-17-15-37(16-18-38)32(46)24(12-13-29(42)43)35-30(44)25-19-28(40(36-25)23-7-4-3-5-8-23)49-21-27(41)39-14-6-9-26(39)31(45)34-20-22-10-11-22/h3-5,7-8,19,22,24,26H,2,6,9-18,20-21H2,1H3,(H,34,45)(H,35,44)(H,42,43). The molecule has 5 amide bonds. The van der Waals surface area contributed by atoms with Crippen molar-refractivity contribution in [3.8, 4) is 11.6 Å². The van der Waals surface area contributed by atoms with Crippen molar-refractivity contribution in [3.63, 3.8) is 0 Å². The summed E-state index contributed by atoms with van der Waals surface area (Å²) in [7, 11) is 0. The van der Waals surface area contributed by atoms with Crippen LogP contribution in [0, 0.1) is 5.92 Å². The van der Waals surface area contributed by atoms with Gasteiger partial charge in [-0.15, -0.1) is 0 Å². The Bertz CT molecular complexity index is 1520. The predicted octanol–water partition coefficient (Wildman–Crippen LogP) is 1.03. The van der Waals surface area contributed by atoms with E-state index in [2.05, 4.69) is 15.7 Å². The van der Waals surface area contributed by atoms with E-state index in [9.17, 15) is 33.9 Å². The van der Waals surface area contributed by atoms with Gasteiger partial charge < -0.3 is 39.9 Å². The molecule has 0 bridgehead atoms. The van der Waals surface area contributed by atoms with Crippen molar-refractivity contribution in [2.75, 3.05) is 52.5 Å². The SMILES string of the molecule is CCOC(=O)N1CCN(C(=O)C(CCC(=O)O)NC(=O)c2cc(OCC(=O)N3CCCC3C(=O)NCC3CC3)n(-c3ccccc3)n2)CC1. The molecule has 1 aromatic heterocycles. The molecular weight excluding hydrogens is 638 g/mol. The molecule has 2 unspecified atom stereocenters. The molecule has 3 N–H and O–H groups in total. The Hall–Kier alpha value is -5.15. The smallest absolute Gasteiger partial charge is 0.409 e. The molecule has 3 aliphatic rings. The maximum Gasteiger partial charge on any atom is 0.409 e. The number of carboxylic acid groups (broad SMARTS) is 1. The van der Waals surface area contributed by atoms with Gasteiger partial charge in [0, 0.05) is 51.8 Å². The summed E-state index contributed by atoms with van der Waals surface area (Å²) >= 11 is 0. The van der Waals surface area contributed by atoms with Crippen LogP contribution in [-0.2, 0) is 23.9 Å². The number of carbonyl (C=O) groups is 6. The van der Waals surface area contributed by atoms with Crippen molar-refractivity contribution in [2.45, 2.75) is 57.5 Å². The Labute approximate surface area is 283 Å². The van der Waals surface area contributed by atoms with Gasteiger partial charge in [-0.05, 0) is 57.1 Å². The van der Waals surface area contributed by atoms with Gasteiger partial charge in [0.2, 0.25) is 17.7 Å². The summed E-state index contributed by atoms with van der Waals surface area (Å²) in [5.41, 5.74) is 0.422. The zero-order chi connectivity index (χ0) is 34.9. The number of hydrogen-bond donors (Lipinski definition) is 3. The number of para-hydroxylation sites is 1. The summed E-state index contributed by atoms with van der Waals surface area (Å²) in [5.74, 6) is -2.30. The van der Waals surface area contributed by atoms with Crippen LogP contribution in [0.4, 0.5) is 4.79 Å². The fraction of sp³-hybridized carbons (Fsp3) is 0.545. The number of rotatable bonds is 14. The van der Waals surface area contributed by atoms with Crippen molar-refractivity contribution in [2.24, 2.45) is 5.92 Å². The normalized spacial score (nSPS) is 18.1. The summed E-state index contributed by atoms with van der Waals surface area (Å²) in [4.78, 5) is 81.0. The lowest BCUT2D eigenvalue weighted by Gasteiger charge is -2.35. The summed E-state index contributed by atoms with van der Waals surface area (Å²) in [6.07, 6.45) is 2.45. The van der Waals surface area contributed by atoms with E-state index in [1.807, 2.05) is 0 Å². The number of carbonyl (C=O) groups excluding carboxylic acids is 5. The Morgan fingerprint density at radius 1 is 0.980 bits per heavy atom. The first-order chi connectivity index (χ1) is 23.6. The van der Waals surface area contributed by atoms with Crippen molar-refractivity contribution in [1.82, 2.24) is 35.1 Å². The third kappa shape index (κ3) is 9.27. The number of piperazine rings is 1. The molecule has 16 heteroatoms. The molecule has 1 saturated carbocycles. The van der Waals surface area contributed by atoms with Crippen LogP contribution in [0.2, 0.25) is 0 Å². The van der Waals surface area contributed by atoms with Crippen LogP contribution in [0.25, 0.3) is 5.69 Å². The minimum atomic E-state index is -1.18. The van der Waals surface area contributed by atoms with Crippen molar-refractivity contribution in [1.29, 1.82) is 0 Å². The lowest BCUT2D eigenvalue weighted by Crippen LogP contribution is -2.56. The van der Waals surface area contributed by atoms with E-state index in [1.54, 1.807) is 37.3 Å². The van der Waals surface area contributed by atoms with Gasteiger partial charge in [-0.2, -0.15) is 5.10 Å². The van der Waals surface area contributed by atoms with E-state index >= 15 is 0 Å². The fourth-order valence-corrected chi connectivity index (χ4v) is 5.87. The first-order valence-corrected chi connectivity index (χ1v) is 16.7. The summed E-state index contributed by atoms with van der Waals surface area (Å²) in [6, 6.07) is 8.41. The number of amides is 5. The van der Waals surface area contributed by atoms with Crippen LogP contribution in [0.15, 0.2) is 36.4 Å². The molecule has 1 aromatic carbocycles.